The fourth-order valence-corrected chi connectivity index (χ4v) is 4.24. The summed E-state index contributed by atoms with van der Waals surface area (Å²) in [7, 11) is 1.42. The lowest BCUT2D eigenvalue weighted by Crippen LogP contribution is -2.37. The van der Waals surface area contributed by atoms with E-state index < -0.39 is 36.5 Å². The maximum atomic E-state index is 13.1. The van der Waals surface area contributed by atoms with Crippen LogP contribution < -0.4 is 9.47 Å². The molecule has 0 spiro atoms. The Morgan fingerprint density at radius 3 is 2.36 bits per heavy atom. The highest BCUT2D eigenvalue weighted by Crippen LogP contribution is 2.31. The van der Waals surface area contributed by atoms with E-state index in [4.69, 9.17) is 23.7 Å². The van der Waals surface area contributed by atoms with E-state index in [2.05, 4.69) is 31.0 Å². The second-order valence-corrected chi connectivity index (χ2v) is 9.43. The van der Waals surface area contributed by atoms with E-state index in [-0.39, 0.29) is 35.6 Å². The van der Waals surface area contributed by atoms with Crippen molar-refractivity contribution < 1.29 is 38.1 Å². The first-order valence-electron chi connectivity index (χ1n) is 13.4. The number of nitrogens with zero attached hydrogens (tertiary/aromatic N) is 1. The first-order valence-corrected chi connectivity index (χ1v) is 13.4. The van der Waals surface area contributed by atoms with Gasteiger partial charge in [0.2, 0.25) is 6.79 Å². The maximum absolute atomic E-state index is 13.1. The Morgan fingerprint density at radius 2 is 1.74 bits per heavy atom. The average molecular weight is 544 g/mol. The van der Waals surface area contributed by atoms with Crippen LogP contribution in [0.3, 0.4) is 0 Å². The molecular formula is C30H41NO8. The lowest BCUT2D eigenvalue weighted by atomic mass is 9.88. The minimum absolute atomic E-state index is 0.0184. The summed E-state index contributed by atoms with van der Waals surface area (Å²) < 4.78 is 27.6. The van der Waals surface area contributed by atoms with Gasteiger partial charge >= 0.3 is 11.9 Å². The normalized spacial score (nSPS) is 14.0. The molecule has 214 valence electrons. The van der Waals surface area contributed by atoms with Gasteiger partial charge in [0.15, 0.2) is 23.0 Å². The number of rotatable bonds is 17. The molecule has 0 radical (unpaired) electrons. The van der Waals surface area contributed by atoms with Crippen molar-refractivity contribution in [1.29, 1.82) is 0 Å². The van der Waals surface area contributed by atoms with Crippen LogP contribution in [0.25, 0.3) is 0 Å². The lowest BCUT2D eigenvalue weighted by molar-refractivity contribution is -0.158. The van der Waals surface area contributed by atoms with Crippen molar-refractivity contribution in [2.45, 2.75) is 72.5 Å². The number of ether oxygens (including phenoxy) is 5. The number of aromatic nitrogens is 1. The van der Waals surface area contributed by atoms with E-state index in [0.29, 0.717) is 13.0 Å². The van der Waals surface area contributed by atoms with E-state index in [1.54, 1.807) is 6.92 Å². The molecule has 0 saturated heterocycles. The summed E-state index contributed by atoms with van der Waals surface area (Å²) in [6.07, 6.45) is 3.12. The molecule has 1 aromatic heterocycles. The third-order valence-electron chi connectivity index (χ3n) is 6.35. The predicted molar refractivity (Wildman–Crippen MR) is 146 cm³/mol. The first kappa shape index (κ1) is 31.8. The Labute approximate surface area is 231 Å². The molecule has 0 amide bonds. The molecular weight excluding hydrogens is 502 g/mol. The van der Waals surface area contributed by atoms with Crippen molar-refractivity contribution in [3.05, 3.63) is 53.9 Å². The molecule has 0 unspecified atom stereocenters. The van der Waals surface area contributed by atoms with E-state index in [9.17, 15) is 14.4 Å². The van der Waals surface area contributed by atoms with Crippen molar-refractivity contribution in [3.8, 4) is 11.5 Å². The van der Waals surface area contributed by atoms with Crippen LogP contribution in [-0.2, 0) is 30.2 Å². The van der Waals surface area contributed by atoms with Gasteiger partial charge in [-0.2, -0.15) is 0 Å². The zero-order chi connectivity index (χ0) is 28.8. The molecule has 0 N–H and O–H groups in total. The second-order valence-electron chi connectivity index (χ2n) is 9.43. The standard InChI is InChI=1S/C30H41NO8/c1-7-16-36-26(8-2)24(18-23-12-10-9-11-13-23)21(4)39-30(34)20(3)17-25(33)28-29(38-19-37-22(5)32)27(35-6)14-15-31-28/h9-15,20-21,24,26H,7-8,16-19H2,1-6H3/t20-,21+,24+,26-/m1/s1. The number of ketones is 1. The fraction of sp³-hybridized carbons (Fsp3) is 0.533. The lowest BCUT2D eigenvalue weighted by Gasteiger charge is -2.32. The zero-order valence-electron chi connectivity index (χ0n) is 23.8. The third kappa shape index (κ3) is 9.98. The molecule has 2 aromatic rings. The summed E-state index contributed by atoms with van der Waals surface area (Å²) in [6, 6.07) is 11.6. The molecule has 0 aliphatic carbocycles. The highest BCUT2D eigenvalue weighted by Gasteiger charge is 2.32. The Balaban J connectivity index is 2.13. The van der Waals surface area contributed by atoms with Crippen molar-refractivity contribution in [1.82, 2.24) is 4.98 Å². The summed E-state index contributed by atoms with van der Waals surface area (Å²) in [4.78, 5) is 41.5. The van der Waals surface area contributed by atoms with Gasteiger partial charge < -0.3 is 23.7 Å². The van der Waals surface area contributed by atoms with E-state index in [1.165, 1.54) is 26.3 Å². The zero-order valence-corrected chi connectivity index (χ0v) is 23.8. The molecule has 0 bridgehead atoms. The van der Waals surface area contributed by atoms with Crippen molar-refractivity contribution in [3.63, 3.8) is 0 Å². The van der Waals surface area contributed by atoms with Gasteiger partial charge in [0.25, 0.3) is 0 Å². The van der Waals surface area contributed by atoms with Gasteiger partial charge in [0.1, 0.15) is 6.10 Å². The topological polar surface area (TPSA) is 110 Å². The third-order valence-corrected chi connectivity index (χ3v) is 6.35. The highest BCUT2D eigenvalue weighted by atomic mass is 16.7. The average Bonchev–Trinajstić information content (AvgIpc) is 2.92. The van der Waals surface area contributed by atoms with Crippen LogP contribution in [0, 0.1) is 11.8 Å². The van der Waals surface area contributed by atoms with Crippen LogP contribution in [0.5, 0.6) is 11.5 Å². The molecule has 1 heterocycles. The van der Waals surface area contributed by atoms with E-state index >= 15 is 0 Å². The van der Waals surface area contributed by atoms with Crippen molar-refractivity contribution >= 4 is 17.7 Å². The number of hydrogen-bond donors (Lipinski definition) is 0. The molecule has 4 atom stereocenters. The number of esters is 2. The summed E-state index contributed by atoms with van der Waals surface area (Å²) >= 11 is 0. The Bertz CT molecular complexity index is 1060. The van der Waals surface area contributed by atoms with E-state index in [0.717, 1.165) is 18.4 Å². The number of pyridine rings is 1. The Kier molecular flexibility index (Phi) is 13.4. The van der Waals surface area contributed by atoms with Gasteiger partial charge in [-0.05, 0) is 31.7 Å². The predicted octanol–water partition coefficient (Wildman–Crippen LogP) is 5.19. The highest BCUT2D eigenvalue weighted by molar-refractivity contribution is 5.99. The smallest absolute Gasteiger partial charge is 0.309 e. The fourth-order valence-electron chi connectivity index (χ4n) is 4.24. The number of Topliss-reactive ketones (excluding diaryl/α,β-unsaturated/α-hetero) is 1. The van der Waals surface area contributed by atoms with Gasteiger partial charge in [0.05, 0.1) is 19.1 Å². The molecule has 1 aromatic carbocycles. The Morgan fingerprint density at radius 1 is 1.03 bits per heavy atom. The van der Waals surface area contributed by atoms with E-state index in [1.807, 2.05) is 25.1 Å². The molecule has 39 heavy (non-hydrogen) atoms. The van der Waals surface area contributed by atoms with Crippen LogP contribution in [-0.4, -0.2) is 55.4 Å². The molecule has 0 fully saturated rings. The summed E-state index contributed by atoms with van der Waals surface area (Å²) in [5.41, 5.74) is 1.12. The number of carbonyl (C=O) groups excluding carboxylic acids is 3. The first-order chi connectivity index (χ1) is 18.7. The van der Waals surface area contributed by atoms with Crippen LogP contribution in [0.15, 0.2) is 42.6 Å². The Hall–Kier alpha value is -3.46. The number of benzene rings is 1. The van der Waals surface area contributed by atoms with Crippen molar-refractivity contribution in [2.24, 2.45) is 11.8 Å². The molecule has 0 saturated carbocycles. The number of hydrogen-bond acceptors (Lipinski definition) is 9. The van der Waals surface area contributed by atoms with Gasteiger partial charge in [0, 0.05) is 38.1 Å². The van der Waals surface area contributed by atoms with Crippen LogP contribution in [0.4, 0.5) is 0 Å². The summed E-state index contributed by atoms with van der Waals surface area (Å²) in [5.74, 6) is -1.94. The largest absolute Gasteiger partial charge is 0.493 e. The molecule has 9 nitrogen and oxygen atoms in total. The molecule has 2 rings (SSSR count). The van der Waals surface area contributed by atoms with Crippen LogP contribution in [0.1, 0.15) is 69.9 Å². The number of methoxy groups -OCH3 is 1. The SMILES string of the molecule is CCCO[C@H](CC)[C@@H](Cc1ccccc1)[C@H](C)OC(=O)[C@H](C)CC(=O)c1nccc(OC)c1OCOC(C)=O. The molecule has 9 heteroatoms. The number of carbonyl (C=O) groups is 3. The monoisotopic (exact) mass is 543 g/mol. The van der Waals surface area contributed by atoms with Gasteiger partial charge in [-0.15, -0.1) is 0 Å². The maximum Gasteiger partial charge on any atom is 0.309 e. The van der Waals surface area contributed by atoms with Gasteiger partial charge in [-0.1, -0.05) is 51.1 Å². The molecule has 0 aliphatic rings. The van der Waals surface area contributed by atoms with Gasteiger partial charge in [-0.3, -0.25) is 14.4 Å². The molecule has 0 aliphatic heterocycles. The summed E-state index contributed by atoms with van der Waals surface area (Å²) in [5, 5.41) is 0. The summed E-state index contributed by atoms with van der Waals surface area (Å²) in [6.45, 7) is 9.11. The van der Waals surface area contributed by atoms with Crippen LogP contribution in [0.2, 0.25) is 0 Å². The minimum atomic E-state index is -0.733. The van der Waals surface area contributed by atoms with Crippen LogP contribution >= 0.6 is 0 Å². The quantitative estimate of drug-likeness (QED) is 0.151. The second kappa shape index (κ2) is 16.5. The minimum Gasteiger partial charge on any atom is -0.493 e. The van der Waals surface area contributed by atoms with Gasteiger partial charge in [-0.25, -0.2) is 4.98 Å². The van der Waals surface area contributed by atoms with Crippen molar-refractivity contribution in [2.75, 3.05) is 20.5 Å².